The summed E-state index contributed by atoms with van der Waals surface area (Å²) in [6.07, 6.45) is 5.20. The second-order valence-corrected chi connectivity index (χ2v) is 7.47. The first-order valence-corrected chi connectivity index (χ1v) is 9.01. The van der Waals surface area contributed by atoms with E-state index in [2.05, 4.69) is 22.3 Å². The fourth-order valence-corrected chi connectivity index (χ4v) is 4.60. The van der Waals surface area contributed by atoms with Crippen molar-refractivity contribution >= 4 is 5.91 Å². The molecule has 0 saturated heterocycles. The van der Waals surface area contributed by atoms with E-state index in [1.165, 1.54) is 37.8 Å². The van der Waals surface area contributed by atoms with Crippen LogP contribution in [0.1, 0.15) is 49.1 Å². The highest BCUT2D eigenvalue weighted by Crippen LogP contribution is 2.49. The highest BCUT2D eigenvalue weighted by atomic mass is 19.1. The number of nitrogens with zero attached hydrogens (tertiary/aromatic N) is 3. The van der Waals surface area contributed by atoms with Gasteiger partial charge in [-0.2, -0.15) is 0 Å². The highest BCUT2D eigenvalue weighted by molar-refractivity contribution is 5.90. The molecule has 4 unspecified atom stereocenters. The molecule has 2 fully saturated rings. The van der Waals surface area contributed by atoms with E-state index in [1.807, 2.05) is 0 Å². The number of aryl methyl sites for hydroxylation is 1. The zero-order chi connectivity index (χ0) is 17.6. The monoisotopic (exact) mass is 342 g/mol. The van der Waals surface area contributed by atoms with Crippen molar-refractivity contribution in [2.45, 2.75) is 45.6 Å². The Morgan fingerprint density at radius 1 is 1.28 bits per heavy atom. The normalized spacial score (nSPS) is 26.0. The number of carbonyl (C=O) groups excluding carboxylic acids is 1. The largest absolute Gasteiger partial charge is 0.347 e. The third-order valence-corrected chi connectivity index (χ3v) is 5.84. The van der Waals surface area contributed by atoms with E-state index in [0.717, 1.165) is 11.8 Å². The lowest BCUT2D eigenvalue weighted by Crippen LogP contribution is -2.40. The lowest BCUT2D eigenvalue weighted by molar-refractivity contribution is 0.0904. The zero-order valence-electron chi connectivity index (χ0n) is 14.6. The fourth-order valence-electron chi connectivity index (χ4n) is 4.60. The van der Waals surface area contributed by atoms with Crippen molar-refractivity contribution in [2.75, 3.05) is 0 Å². The van der Waals surface area contributed by atoms with E-state index in [4.69, 9.17) is 0 Å². The van der Waals surface area contributed by atoms with Crippen molar-refractivity contribution in [3.8, 4) is 5.69 Å². The number of rotatable bonds is 4. The lowest BCUT2D eigenvalue weighted by atomic mass is 9.84. The van der Waals surface area contributed by atoms with Crippen LogP contribution in [-0.4, -0.2) is 26.7 Å². The van der Waals surface area contributed by atoms with Crippen molar-refractivity contribution in [1.29, 1.82) is 0 Å². The molecule has 4 atom stereocenters. The van der Waals surface area contributed by atoms with Crippen LogP contribution in [-0.2, 0) is 0 Å². The summed E-state index contributed by atoms with van der Waals surface area (Å²) < 4.78 is 14.6. The van der Waals surface area contributed by atoms with E-state index >= 15 is 0 Å². The first kappa shape index (κ1) is 16.2. The average Bonchev–Trinajstić information content (AvgIpc) is 3.31. The summed E-state index contributed by atoms with van der Waals surface area (Å²) in [4.78, 5) is 16.8. The number of carbonyl (C=O) groups is 1. The molecule has 1 aromatic carbocycles. The molecule has 5 nitrogen and oxygen atoms in total. The maximum absolute atomic E-state index is 13.1. The Kier molecular flexibility index (Phi) is 4.06. The number of aromatic nitrogens is 3. The van der Waals surface area contributed by atoms with Gasteiger partial charge in [0.15, 0.2) is 0 Å². The third-order valence-electron chi connectivity index (χ3n) is 5.84. The summed E-state index contributed by atoms with van der Waals surface area (Å²) in [6, 6.07) is 6.12. The lowest BCUT2D eigenvalue weighted by Gasteiger charge is -2.28. The van der Waals surface area contributed by atoms with Crippen LogP contribution in [0.2, 0.25) is 0 Å². The fraction of sp³-hybridized carbons (Fsp3) is 0.526. The van der Waals surface area contributed by atoms with E-state index in [-0.39, 0.29) is 23.6 Å². The molecule has 25 heavy (non-hydrogen) atoms. The molecule has 0 spiro atoms. The number of hydrogen-bond acceptors (Lipinski definition) is 3. The van der Waals surface area contributed by atoms with Crippen molar-refractivity contribution in [2.24, 2.45) is 17.8 Å². The summed E-state index contributed by atoms with van der Waals surface area (Å²) in [6.45, 7) is 3.87. The van der Waals surface area contributed by atoms with Crippen LogP contribution in [0.3, 0.4) is 0 Å². The molecule has 2 aromatic rings. The van der Waals surface area contributed by atoms with Gasteiger partial charge in [0.05, 0.1) is 5.69 Å². The van der Waals surface area contributed by atoms with Crippen LogP contribution in [0.4, 0.5) is 4.39 Å². The van der Waals surface area contributed by atoms with Crippen LogP contribution in [0.25, 0.3) is 5.69 Å². The number of fused-ring (bicyclic) bond motifs is 2. The van der Waals surface area contributed by atoms with Gasteiger partial charge < -0.3 is 5.32 Å². The Morgan fingerprint density at radius 3 is 2.68 bits per heavy atom. The molecule has 1 aromatic heterocycles. The van der Waals surface area contributed by atoms with Gasteiger partial charge in [-0.05, 0) is 75.1 Å². The number of hydrogen-bond donors (Lipinski definition) is 1. The molecule has 0 radical (unpaired) electrons. The predicted octanol–water partition coefficient (Wildman–Crippen LogP) is 3.27. The minimum Gasteiger partial charge on any atom is -0.347 e. The first-order chi connectivity index (χ1) is 12.0. The summed E-state index contributed by atoms with van der Waals surface area (Å²) in [7, 11) is 0. The Balaban J connectivity index is 1.47. The van der Waals surface area contributed by atoms with Gasteiger partial charge in [0.25, 0.3) is 5.91 Å². The molecule has 2 aliphatic carbocycles. The molecule has 1 heterocycles. The van der Waals surface area contributed by atoms with Crippen molar-refractivity contribution in [1.82, 2.24) is 20.1 Å². The summed E-state index contributed by atoms with van der Waals surface area (Å²) in [5.74, 6) is 2.40. The SMILES string of the molecule is Cc1nc(C(=O)NC(C)C2CC3CCC2C3)nn1-c1ccc(F)cc1. The Bertz CT molecular complexity index is 785. The van der Waals surface area contributed by atoms with Crippen LogP contribution in [0.5, 0.6) is 0 Å². The molecule has 1 N–H and O–H groups in total. The first-order valence-electron chi connectivity index (χ1n) is 9.01. The number of amides is 1. The van der Waals surface area contributed by atoms with Gasteiger partial charge in [0, 0.05) is 6.04 Å². The van der Waals surface area contributed by atoms with Crippen LogP contribution in [0.15, 0.2) is 24.3 Å². The summed E-state index contributed by atoms with van der Waals surface area (Å²) in [5, 5.41) is 7.40. The molecule has 2 aliphatic rings. The third kappa shape index (κ3) is 3.05. The second-order valence-electron chi connectivity index (χ2n) is 7.47. The molecule has 1 amide bonds. The zero-order valence-corrected chi connectivity index (χ0v) is 14.6. The number of halogens is 1. The Hall–Kier alpha value is -2.24. The molecule has 2 saturated carbocycles. The molecule has 132 valence electrons. The van der Waals surface area contributed by atoms with Gasteiger partial charge in [-0.1, -0.05) is 6.42 Å². The van der Waals surface area contributed by atoms with E-state index < -0.39 is 0 Å². The molecular formula is C19H23FN4O. The quantitative estimate of drug-likeness (QED) is 0.928. The number of benzene rings is 1. The molecular weight excluding hydrogens is 319 g/mol. The smallest absolute Gasteiger partial charge is 0.291 e. The van der Waals surface area contributed by atoms with Gasteiger partial charge in [-0.15, -0.1) is 5.10 Å². The summed E-state index contributed by atoms with van der Waals surface area (Å²) >= 11 is 0. The van der Waals surface area contributed by atoms with Gasteiger partial charge in [-0.25, -0.2) is 14.1 Å². The second kappa shape index (κ2) is 6.24. The molecule has 0 aliphatic heterocycles. The standard InChI is InChI=1S/C19H23FN4O/c1-11(17-10-13-3-4-14(17)9-13)21-19(25)18-22-12(2)24(23-18)16-7-5-15(20)6-8-16/h5-8,11,13-14,17H,3-4,9-10H2,1-2H3,(H,21,25). The van der Waals surface area contributed by atoms with Crippen molar-refractivity contribution in [3.63, 3.8) is 0 Å². The summed E-state index contributed by atoms with van der Waals surface area (Å²) in [5.41, 5.74) is 0.687. The molecule has 4 rings (SSSR count). The maximum atomic E-state index is 13.1. The van der Waals surface area contributed by atoms with Crippen LogP contribution in [0, 0.1) is 30.5 Å². The van der Waals surface area contributed by atoms with E-state index in [0.29, 0.717) is 17.4 Å². The molecule has 6 heteroatoms. The van der Waals surface area contributed by atoms with E-state index in [1.54, 1.807) is 23.7 Å². The van der Waals surface area contributed by atoms with Crippen molar-refractivity contribution < 1.29 is 9.18 Å². The van der Waals surface area contributed by atoms with Gasteiger partial charge in [0.2, 0.25) is 5.82 Å². The average molecular weight is 342 g/mol. The van der Waals surface area contributed by atoms with Crippen LogP contribution < -0.4 is 5.32 Å². The Morgan fingerprint density at radius 2 is 2.04 bits per heavy atom. The maximum Gasteiger partial charge on any atom is 0.291 e. The minimum atomic E-state index is -0.306. The Labute approximate surface area is 146 Å². The van der Waals surface area contributed by atoms with E-state index in [9.17, 15) is 9.18 Å². The van der Waals surface area contributed by atoms with Gasteiger partial charge in [-0.3, -0.25) is 4.79 Å². The minimum absolute atomic E-state index is 0.140. The predicted molar refractivity (Wildman–Crippen MR) is 91.9 cm³/mol. The van der Waals surface area contributed by atoms with Crippen LogP contribution >= 0.6 is 0 Å². The number of nitrogens with one attached hydrogen (secondary N) is 1. The topological polar surface area (TPSA) is 59.8 Å². The van der Waals surface area contributed by atoms with Crippen molar-refractivity contribution in [3.05, 3.63) is 41.7 Å². The molecule has 2 bridgehead atoms. The van der Waals surface area contributed by atoms with Gasteiger partial charge >= 0.3 is 0 Å². The highest BCUT2D eigenvalue weighted by Gasteiger charge is 2.42. The van der Waals surface area contributed by atoms with Gasteiger partial charge in [0.1, 0.15) is 11.6 Å².